The van der Waals surface area contributed by atoms with Gasteiger partial charge in [-0.15, -0.1) is 0 Å². The molecular weight excluding hydrogens is 171 g/mol. The average Bonchev–Trinajstić information content (AvgIpc) is 2.24. The smallest absolute Gasteiger partial charge is 0.0906 e. The van der Waals surface area contributed by atoms with Crippen molar-refractivity contribution in [3.05, 3.63) is 0 Å². The van der Waals surface area contributed by atoms with Crippen molar-refractivity contribution in [1.82, 2.24) is 0 Å². The van der Waals surface area contributed by atoms with Crippen LogP contribution in [0.25, 0.3) is 0 Å². The Morgan fingerprint density at radius 2 is 2.17 bits per heavy atom. The van der Waals surface area contributed by atoms with Crippen molar-refractivity contribution in [2.75, 3.05) is 12.8 Å². The van der Waals surface area contributed by atoms with Gasteiger partial charge in [-0.05, 0) is 25.9 Å². The summed E-state index contributed by atoms with van der Waals surface area (Å²) < 4.78 is 12.0. The number of rotatable bonds is 0. The second-order valence-electron chi connectivity index (χ2n) is 4.51. The van der Waals surface area contributed by atoms with Crippen LogP contribution in [0, 0.1) is 0 Å². The summed E-state index contributed by atoms with van der Waals surface area (Å²) in [7, 11) is -1.99. The average molecular weight is 188 g/mol. The fraction of sp³-hybridized carbons (Fsp3) is 1.00. The molecule has 1 N–H and O–H groups in total. The van der Waals surface area contributed by atoms with Gasteiger partial charge in [0, 0.05) is 11.8 Å². The summed E-state index contributed by atoms with van der Waals surface area (Å²) in [6.45, 7) is 1.88. The van der Waals surface area contributed by atoms with Crippen molar-refractivity contribution in [2.45, 2.75) is 43.4 Å². The van der Waals surface area contributed by atoms with Gasteiger partial charge >= 0.3 is 0 Å². The second kappa shape index (κ2) is 2.59. The maximum absolute atomic E-state index is 12.0. The van der Waals surface area contributed by atoms with Crippen LogP contribution in [0.3, 0.4) is 0 Å². The molecule has 1 saturated heterocycles. The van der Waals surface area contributed by atoms with Crippen molar-refractivity contribution in [3.63, 3.8) is 0 Å². The van der Waals surface area contributed by atoms with Gasteiger partial charge in [0.25, 0.3) is 0 Å². The number of hydrogen-bond donors (Lipinski definition) is 1. The molecule has 1 aliphatic heterocycles. The van der Waals surface area contributed by atoms with E-state index in [0.717, 1.165) is 38.3 Å². The number of fused-ring (bicyclic) bond motifs is 1. The highest BCUT2D eigenvalue weighted by molar-refractivity contribution is 7.64. The van der Waals surface area contributed by atoms with Gasteiger partial charge in [-0.3, -0.25) is 0 Å². The summed E-state index contributed by atoms with van der Waals surface area (Å²) >= 11 is 0. The lowest BCUT2D eigenvalue weighted by molar-refractivity contribution is 0.0138. The highest BCUT2D eigenvalue weighted by atomic mass is 31.2. The van der Waals surface area contributed by atoms with Gasteiger partial charge in [-0.2, -0.15) is 0 Å². The van der Waals surface area contributed by atoms with E-state index in [1.54, 1.807) is 0 Å². The fourth-order valence-electron chi connectivity index (χ4n) is 2.85. The molecule has 3 heteroatoms. The molecule has 1 aliphatic carbocycles. The third-order valence-electron chi connectivity index (χ3n) is 3.61. The van der Waals surface area contributed by atoms with Gasteiger partial charge in [0.1, 0.15) is 0 Å². The van der Waals surface area contributed by atoms with Crippen molar-refractivity contribution in [3.8, 4) is 0 Å². The van der Waals surface area contributed by atoms with Gasteiger partial charge in [-0.25, -0.2) is 0 Å². The second-order valence-corrected chi connectivity index (χ2v) is 7.93. The normalized spacial score (nSPS) is 53.7. The molecule has 0 aromatic carbocycles. The van der Waals surface area contributed by atoms with Crippen molar-refractivity contribution < 1.29 is 9.67 Å². The van der Waals surface area contributed by atoms with E-state index < -0.39 is 12.7 Å². The lowest BCUT2D eigenvalue weighted by Crippen LogP contribution is -2.39. The third kappa shape index (κ3) is 1.16. The van der Waals surface area contributed by atoms with E-state index in [1.165, 1.54) is 0 Å². The molecule has 0 radical (unpaired) electrons. The van der Waals surface area contributed by atoms with E-state index in [1.807, 2.05) is 6.66 Å². The van der Waals surface area contributed by atoms with Crippen LogP contribution in [0.15, 0.2) is 0 Å². The molecule has 2 fully saturated rings. The Kier molecular flexibility index (Phi) is 1.89. The summed E-state index contributed by atoms with van der Waals surface area (Å²) in [6, 6.07) is 0. The van der Waals surface area contributed by atoms with E-state index in [4.69, 9.17) is 0 Å². The van der Waals surface area contributed by atoms with Crippen LogP contribution >= 0.6 is 7.14 Å². The Morgan fingerprint density at radius 3 is 2.83 bits per heavy atom. The topological polar surface area (TPSA) is 37.3 Å². The lowest BCUT2D eigenvalue weighted by atomic mass is 9.83. The summed E-state index contributed by atoms with van der Waals surface area (Å²) in [6.07, 6.45) is 5.71. The number of hydrogen-bond acceptors (Lipinski definition) is 2. The van der Waals surface area contributed by atoms with E-state index in [9.17, 15) is 9.67 Å². The van der Waals surface area contributed by atoms with Crippen molar-refractivity contribution >= 4 is 7.14 Å². The Balaban J connectivity index is 2.28. The minimum atomic E-state index is -1.99. The third-order valence-corrected chi connectivity index (χ3v) is 6.77. The minimum Gasteiger partial charge on any atom is -0.389 e. The minimum absolute atomic E-state index is 0.138. The lowest BCUT2D eigenvalue weighted by Gasteiger charge is -2.35. The first-order valence-electron chi connectivity index (χ1n) is 4.83. The zero-order valence-corrected chi connectivity index (χ0v) is 8.52. The van der Waals surface area contributed by atoms with Crippen molar-refractivity contribution in [1.29, 1.82) is 0 Å². The van der Waals surface area contributed by atoms with Crippen LogP contribution < -0.4 is 0 Å². The van der Waals surface area contributed by atoms with Crippen LogP contribution in [0.4, 0.5) is 0 Å². The number of aliphatic hydroxyl groups is 1. The quantitative estimate of drug-likeness (QED) is 0.591. The predicted octanol–water partition coefficient (Wildman–Crippen LogP) is 2.06. The van der Waals surface area contributed by atoms with E-state index in [-0.39, 0.29) is 5.66 Å². The Bertz CT molecular complexity index is 239. The van der Waals surface area contributed by atoms with Gasteiger partial charge in [0.05, 0.1) is 12.7 Å². The van der Waals surface area contributed by atoms with E-state index >= 15 is 0 Å². The monoisotopic (exact) mass is 188 g/mol. The standard InChI is InChI=1S/C9H17O2P/c1-12(11)7-6-9(10)5-3-2-4-8(9)12/h8,10H,2-7H2,1H3. The Morgan fingerprint density at radius 1 is 1.42 bits per heavy atom. The van der Waals surface area contributed by atoms with Crippen LogP contribution in [-0.4, -0.2) is 29.2 Å². The molecule has 2 aliphatic rings. The van der Waals surface area contributed by atoms with Crippen LogP contribution in [-0.2, 0) is 4.57 Å². The molecule has 12 heavy (non-hydrogen) atoms. The molecule has 0 bridgehead atoms. The maximum Gasteiger partial charge on any atom is 0.0906 e. The van der Waals surface area contributed by atoms with Gasteiger partial charge in [0.15, 0.2) is 0 Å². The molecule has 3 atom stereocenters. The molecule has 1 saturated carbocycles. The maximum atomic E-state index is 12.0. The molecule has 0 spiro atoms. The predicted molar refractivity (Wildman–Crippen MR) is 50.2 cm³/mol. The summed E-state index contributed by atoms with van der Waals surface area (Å²) in [5, 5.41) is 10.2. The molecule has 1 heterocycles. The van der Waals surface area contributed by atoms with Gasteiger partial charge in [0.2, 0.25) is 0 Å². The zero-order chi connectivity index (χ0) is 8.82. The molecular formula is C9H17O2P. The molecule has 0 amide bonds. The molecule has 70 valence electrons. The Hall–Kier alpha value is 0.190. The first-order chi connectivity index (χ1) is 5.55. The first-order valence-corrected chi connectivity index (χ1v) is 7.24. The van der Waals surface area contributed by atoms with Crippen LogP contribution in [0.5, 0.6) is 0 Å². The summed E-state index contributed by atoms with van der Waals surface area (Å²) in [4.78, 5) is 0. The van der Waals surface area contributed by atoms with Crippen LogP contribution in [0.2, 0.25) is 0 Å². The highest BCUT2D eigenvalue weighted by Crippen LogP contribution is 2.62. The van der Waals surface area contributed by atoms with Gasteiger partial charge < -0.3 is 9.67 Å². The SMILES string of the molecule is CP1(=O)CCC2(O)CCCCC21. The largest absolute Gasteiger partial charge is 0.389 e. The zero-order valence-electron chi connectivity index (χ0n) is 7.62. The van der Waals surface area contributed by atoms with E-state index in [2.05, 4.69) is 0 Å². The van der Waals surface area contributed by atoms with Crippen LogP contribution in [0.1, 0.15) is 32.1 Å². The molecule has 0 aromatic rings. The summed E-state index contributed by atoms with van der Waals surface area (Å²) in [5.74, 6) is 0. The first kappa shape index (κ1) is 8.77. The summed E-state index contributed by atoms with van der Waals surface area (Å²) in [5.41, 5.74) is -0.401. The Labute approximate surface area is 73.7 Å². The molecule has 3 unspecified atom stereocenters. The highest BCUT2D eigenvalue weighted by Gasteiger charge is 2.52. The fourth-order valence-corrected chi connectivity index (χ4v) is 6.00. The van der Waals surface area contributed by atoms with Gasteiger partial charge in [-0.1, -0.05) is 12.8 Å². The van der Waals surface area contributed by atoms with E-state index in [0.29, 0.717) is 0 Å². The molecule has 0 aromatic heterocycles. The molecule has 2 nitrogen and oxygen atoms in total. The van der Waals surface area contributed by atoms with Crippen molar-refractivity contribution in [2.24, 2.45) is 0 Å². The molecule has 2 rings (SSSR count).